The quantitative estimate of drug-likeness (QED) is 0.444. The Balaban J connectivity index is 1.64. The average Bonchev–Trinajstić information content (AvgIpc) is 2.71. The molecule has 2 aromatic rings. The molecule has 0 spiro atoms. The fourth-order valence-corrected chi connectivity index (χ4v) is 3.66. The Morgan fingerprint density at radius 2 is 1.77 bits per heavy atom. The zero-order valence-electron chi connectivity index (χ0n) is 17.6. The molecule has 0 radical (unpaired) electrons. The van der Waals surface area contributed by atoms with Crippen molar-refractivity contribution in [3.05, 3.63) is 59.2 Å². The molecule has 1 saturated heterocycles. The van der Waals surface area contributed by atoms with Crippen molar-refractivity contribution >= 4 is 5.97 Å². The van der Waals surface area contributed by atoms with Gasteiger partial charge in [0.25, 0.3) is 0 Å². The molecule has 31 heavy (non-hydrogen) atoms. The van der Waals surface area contributed by atoms with Crippen molar-refractivity contribution in [2.75, 3.05) is 13.2 Å². The summed E-state index contributed by atoms with van der Waals surface area (Å²) in [6.45, 7) is 2.49. The first kappa shape index (κ1) is 23.0. The summed E-state index contributed by atoms with van der Waals surface area (Å²) in [5.41, 5.74) is 1.48. The number of ether oxygens (including phenoxy) is 3. The summed E-state index contributed by atoms with van der Waals surface area (Å²) in [5, 5.41) is 9.79. The van der Waals surface area contributed by atoms with Gasteiger partial charge in [-0.15, -0.1) is 0 Å². The number of halogens is 2. The van der Waals surface area contributed by atoms with Gasteiger partial charge in [-0.3, -0.25) is 4.79 Å². The Morgan fingerprint density at radius 1 is 1.06 bits per heavy atom. The lowest BCUT2D eigenvalue weighted by molar-refractivity contribution is -0.162. The molecular formula is C24H28F2O5. The Labute approximate surface area is 180 Å². The highest BCUT2D eigenvalue weighted by molar-refractivity contribution is 5.71. The molecule has 1 heterocycles. The van der Waals surface area contributed by atoms with Crippen LogP contribution in [-0.2, 0) is 22.4 Å². The lowest BCUT2D eigenvalue weighted by Crippen LogP contribution is -2.36. The third kappa shape index (κ3) is 6.92. The van der Waals surface area contributed by atoms with Crippen LogP contribution in [0.1, 0.15) is 43.7 Å². The fourth-order valence-electron chi connectivity index (χ4n) is 3.66. The van der Waals surface area contributed by atoms with E-state index >= 15 is 0 Å². The van der Waals surface area contributed by atoms with Crippen LogP contribution in [0.3, 0.4) is 0 Å². The van der Waals surface area contributed by atoms with E-state index in [4.69, 9.17) is 14.2 Å². The van der Waals surface area contributed by atoms with Crippen LogP contribution in [0.2, 0.25) is 0 Å². The second kappa shape index (κ2) is 11.1. The van der Waals surface area contributed by atoms with Crippen LogP contribution in [0, 0.1) is 11.6 Å². The van der Waals surface area contributed by atoms with E-state index < -0.39 is 18.2 Å². The van der Waals surface area contributed by atoms with Gasteiger partial charge in [0.15, 0.2) is 0 Å². The molecule has 1 N–H and O–H groups in total. The summed E-state index contributed by atoms with van der Waals surface area (Å²) < 4.78 is 44.1. The van der Waals surface area contributed by atoms with Gasteiger partial charge < -0.3 is 19.3 Å². The highest BCUT2D eigenvalue weighted by atomic mass is 19.1. The van der Waals surface area contributed by atoms with Crippen LogP contribution < -0.4 is 9.47 Å². The zero-order chi connectivity index (χ0) is 22.2. The Morgan fingerprint density at radius 3 is 2.45 bits per heavy atom. The maximum atomic E-state index is 14.2. The van der Waals surface area contributed by atoms with Gasteiger partial charge in [0, 0.05) is 6.42 Å². The molecule has 0 aromatic heterocycles. The minimum atomic E-state index is -0.735. The van der Waals surface area contributed by atoms with Crippen LogP contribution in [0.4, 0.5) is 8.78 Å². The molecular weight excluding hydrogens is 406 g/mol. The maximum Gasteiger partial charge on any atom is 0.308 e. The van der Waals surface area contributed by atoms with Crippen LogP contribution in [0.15, 0.2) is 36.4 Å². The molecule has 3 rings (SSSR count). The van der Waals surface area contributed by atoms with Gasteiger partial charge in [-0.25, -0.2) is 8.78 Å². The largest absolute Gasteiger partial charge is 0.494 e. The van der Waals surface area contributed by atoms with Crippen molar-refractivity contribution in [3.8, 4) is 11.5 Å². The Kier molecular flexibility index (Phi) is 8.23. The van der Waals surface area contributed by atoms with Crippen molar-refractivity contribution in [1.29, 1.82) is 0 Å². The number of aliphatic hydroxyl groups excluding tert-OH is 1. The van der Waals surface area contributed by atoms with E-state index in [1.807, 2.05) is 6.92 Å². The second-order valence-corrected chi connectivity index (χ2v) is 7.73. The van der Waals surface area contributed by atoms with E-state index in [-0.39, 0.29) is 24.7 Å². The first-order chi connectivity index (χ1) is 14.9. The predicted molar refractivity (Wildman–Crippen MR) is 111 cm³/mol. The number of benzene rings is 2. The molecule has 5 nitrogen and oxygen atoms in total. The molecule has 0 amide bonds. The molecule has 2 unspecified atom stereocenters. The Hall–Kier alpha value is -2.67. The van der Waals surface area contributed by atoms with Crippen LogP contribution in [0.5, 0.6) is 11.5 Å². The monoisotopic (exact) mass is 434 g/mol. The van der Waals surface area contributed by atoms with Gasteiger partial charge in [-0.2, -0.15) is 0 Å². The molecule has 0 aliphatic carbocycles. The van der Waals surface area contributed by atoms with Crippen LogP contribution >= 0.6 is 0 Å². The van der Waals surface area contributed by atoms with Crippen LogP contribution in [0.25, 0.3) is 0 Å². The first-order valence-electron chi connectivity index (χ1n) is 10.6. The number of aryl methyl sites for hydroxylation is 2. The fraction of sp³-hybridized carbons (Fsp3) is 0.458. The normalized spacial score (nSPS) is 18.5. The highest BCUT2D eigenvalue weighted by Crippen LogP contribution is 2.29. The molecule has 7 heteroatoms. The molecule has 1 aliphatic heterocycles. The minimum Gasteiger partial charge on any atom is -0.494 e. The number of carbonyl (C=O) groups excluding carboxylic acids is 1. The van der Waals surface area contributed by atoms with Gasteiger partial charge in [0.2, 0.25) is 0 Å². The van der Waals surface area contributed by atoms with Crippen molar-refractivity contribution < 1.29 is 32.9 Å². The number of esters is 1. The molecule has 1 aliphatic rings. The van der Waals surface area contributed by atoms with Gasteiger partial charge in [0.1, 0.15) is 35.8 Å². The lowest BCUT2D eigenvalue weighted by Gasteiger charge is -2.27. The summed E-state index contributed by atoms with van der Waals surface area (Å²) in [6.07, 6.45) is 1.65. The number of carbonyl (C=O) groups is 1. The van der Waals surface area contributed by atoms with Gasteiger partial charge >= 0.3 is 5.97 Å². The van der Waals surface area contributed by atoms with E-state index in [0.29, 0.717) is 49.4 Å². The third-order valence-electron chi connectivity index (χ3n) is 5.05. The number of hydrogen-bond acceptors (Lipinski definition) is 5. The number of aliphatic hydroxyl groups is 1. The smallest absolute Gasteiger partial charge is 0.308 e. The third-order valence-corrected chi connectivity index (χ3v) is 5.05. The molecule has 1 fully saturated rings. The zero-order valence-corrected chi connectivity index (χ0v) is 17.6. The van der Waals surface area contributed by atoms with E-state index in [2.05, 4.69) is 0 Å². The highest BCUT2D eigenvalue weighted by Gasteiger charge is 2.28. The van der Waals surface area contributed by atoms with E-state index in [1.54, 1.807) is 12.1 Å². The summed E-state index contributed by atoms with van der Waals surface area (Å²) in [4.78, 5) is 11.6. The van der Waals surface area contributed by atoms with Gasteiger partial charge in [0.05, 0.1) is 19.1 Å². The standard InChI is InChI=1S/C24H28F2O5/c1-2-4-16-11-19(26)12-17(5-3-10-29-21-8-6-18(25)7-9-21)24(16)30-15-22-13-20(27)14-23(28)31-22/h6-9,11-12,20,22,27H,2-5,10,13-15H2,1H3. The van der Waals surface area contributed by atoms with Crippen molar-refractivity contribution in [3.63, 3.8) is 0 Å². The number of rotatable bonds is 10. The molecule has 2 aromatic carbocycles. The topological polar surface area (TPSA) is 65.0 Å². The maximum absolute atomic E-state index is 14.2. The van der Waals surface area contributed by atoms with Crippen LogP contribution in [-0.4, -0.2) is 36.5 Å². The van der Waals surface area contributed by atoms with Gasteiger partial charge in [-0.05, 0) is 66.8 Å². The SMILES string of the molecule is CCCc1cc(F)cc(CCCOc2ccc(F)cc2)c1OCC1CC(O)CC(=O)O1. The molecule has 0 saturated carbocycles. The van der Waals surface area contributed by atoms with E-state index in [0.717, 1.165) is 12.0 Å². The van der Waals surface area contributed by atoms with Crippen molar-refractivity contribution in [2.24, 2.45) is 0 Å². The summed E-state index contributed by atoms with van der Waals surface area (Å²) in [7, 11) is 0. The second-order valence-electron chi connectivity index (χ2n) is 7.73. The lowest BCUT2D eigenvalue weighted by atomic mass is 10.0. The van der Waals surface area contributed by atoms with Crippen molar-refractivity contribution in [2.45, 2.75) is 57.7 Å². The molecule has 2 atom stereocenters. The van der Waals surface area contributed by atoms with Gasteiger partial charge in [-0.1, -0.05) is 13.3 Å². The predicted octanol–water partition coefficient (Wildman–Crippen LogP) is 4.37. The average molecular weight is 434 g/mol. The Bertz CT molecular complexity index is 869. The van der Waals surface area contributed by atoms with E-state index in [9.17, 15) is 18.7 Å². The first-order valence-corrected chi connectivity index (χ1v) is 10.6. The molecule has 0 bridgehead atoms. The summed E-state index contributed by atoms with van der Waals surface area (Å²) >= 11 is 0. The molecule has 168 valence electrons. The summed E-state index contributed by atoms with van der Waals surface area (Å²) in [5.74, 6) is 0.0688. The number of hydrogen-bond donors (Lipinski definition) is 1. The minimum absolute atomic E-state index is 0.00651. The number of cyclic esters (lactones) is 1. The van der Waals surface area contributed by atoms with Crippen molar-refractivity contribution in [1.82, 2.24) is 0 Å². The van der Waals surface area contributed by atoms with E-state index in [1.165, 1.54) is 24.3 Å². The summed E-state index contributed by atoms with van der Waals surface area (Å²) in [6, 6.07) is 8.71.